The summed E-state index contributed by atoms with van der Waals surface area (Å²) in [5.41, 5.74) is 1.60. The Kier molecular flexibility index (Phi) is 4.23. The molecule has 6 heteroatoms. The summed E-state index contributed by atoms with van der Waals surface area (Å²) < 4.78 is 2.63. The molecule has 0 saturated carbocycles. The molecule has 0 spiro atoms. The van der Waals surface area contributed by atoms with Gasteiger partial charge in [0.15, 0.2) is 0 Å². The van der Waals surface area contributed by atoms with E-state index < -0.39 is 0 Å². The van der Waals surface area contributed by atoms with Crippen LogP contribution < -0.4 is 5.32 Å². The lowest BCUT2D eigenvalue weighted by Crippen LogP contribution is -2.22. The summed E-state index contributed by atoms with van der Waals surface area (Å²) in [5, 5.41) is 7.50. The molecule has 0 aliphatic rings. The lowest BCUT2D eigenvalue weighted by molar-refractivity contribution is 0.0951. The molecule has 0 radical (unpaired) electrons. The van der Waals surface area contributed by atoms with Crippen LogP contribution in [0.25, 0.3) is 0 Å². The van der Waals surface area contributed by atoms with Crippen LogP contribution in [0.3, 0.4) is 0 Å². The Morgan fingerprint density at radius 1 is 1.56 bits per heavy atom. The number of aryl methyl sites for hydroxylation is 1. The number of hydrogen-bond donors (Lipinski definition) is 1. The van der Waals surface area contributed by atoms with Gasteiger partial charge in [-0.2, -0.15) is 5.10 Å². The molecule has 2 rings (SSSR count). The average molecular weight is 376 g/mol. The van der Waals surface area contributed by atoms with Crippen molar-refractivity contribution in [1.82, 2.24) is 15.1 Å². The van der Waals surface area contributed by atoms with E-state index in [-0.39, 0.29) is 5.91 Å². The van der Waals surface area contributed by atoms with Gasteiger partial charge >= 0.3 is 0 Å². The summed E-state index contributed by atoms with van der Waals surface area (Å²) in [4.78, 5) is 11.8. The number of aromatic nitrogens is 2. The van der Waals surface area contributed by atoms with Crippen LogP contribution in [0.1, 0.15) is 15.9 Å². The highest BCUT2D eigenvalue weighted by Gasteiger charge is 2.08. The zero-order valence-corrected chi connectivity index (χ0v) is 12.6. The smallest absolute Gasteiger partial charge is 0.254 e. The molecular weight excluding hydrogens is 365 g/mol. The zero-order chi connectivity index (χ0) is 13.1. The second-order valence-electron chi connectivity index (χ2n) is 3.82. The van der Waals surface area contributed by atoms with Crippen LogP contribution >= 0.6 is 34.2 Å². The maximum Gasteiger partial charge on any atom is 0.254 e. The van der Waals surface area contributed by atoms with Gasteiger partial charge in [-0.25, -0.2) is 0 Å². The first-order valence-corrected chi connectivity index (χ1v) is 6.72. The van der Waals surface area contributed by atoms with Crippen LogP contribution in [0, 0.1) is 3.57 Å². The number of rotatable bonds is 3. The van der Waals surface area contributed by atoms with Crippen LogP contribution in [0.15, 0.2) is 30.6 Å². The number of nitrogens with one attached hydrogen (secondary N) is 1. The Morgan fingerprint density at radius 3 is 2.94 bits per heavy atom. The van der Waals surface area contributed by atoms with E-state index in [9.17, 15) is 4.79 Å². The molecular formula is C12H11ClIN3O. The second kappa shape index (κ2) is 5.71. The van der Waals surface area contributed by atoms with E-state index in [0.29, 0.717) is 17.1 Å². The number of hydrogen-bond acceptors (Lipinski definition) is 2. The van der Waals surface area contributed by atoms with Gasteiger partial charge in [0.1, 0.15) is 0 Å². The van der Waals surface area contributed by atoms with Crippen molar-refractivity contribution >= 4 is 40.1 Å². The van der Waals surface area contributed by atoms with Gasteiger partial charge in [0.2, 0.25) is 0 Å². The molecule has 0 bridgehead atoms. The fraction of sp³-hybridized carbons (Fsp3) is 0.167. The van der Waals surface area contributed by atoms with E-state index in [1.165, 1.54) is 0 Å². The number of amides is 1. The molecule has 1 heterocycles. The van der Waals surface area contributed by atoms with Gasteiger partial charge in [-0.3, -0.25) is 9.48 Å². The van der Waals surface area contributed by atoms with Crippen molar-refractivity contribution in [3.63, 3.8) is 0 Å². The van der Waals surface area contributed by atoms with Crippen molar-refractivity contribution in [3.8, 4) is 0 Å². The van der Waals surface area contributed by atoms with Crippen molar-refractivity contribution in [2.45, 2.75) is 6.54 Å². The Balaban J connectivity index is 2.01. The molecule has 0 aliphatic carbocycles. The van der Waals surface area contributed by atoms with Crippen molar-refractivity contribution < 1.29 is 4.79 Å². The fourth-order valence-corrected chi connectivity index (χ4v) is 2.54. The number of carbonyl (C=O) groups excluding carboxylic acids is 1. The van der Waals surface area contributed by atoms with E-state index in [1.807, 2.05) is 18.2 Å². The lowest BCUT2D eigenvalue weighted by Gasteiger charge is -2.06. The molecule has 0 atom stereocenters. The third-order valence-corrected chi connectivity index (χ3v) is 3.66. The summed E-state index contributed by atoms with van der Waals surface area (Å²) >= 11 is 8.07. The van der Waals surface area contributed by atoms with E-state index in [4.69, 9.17) is 11.6 Å². The molecule has 1 amide bonds. The van der Waals surface area contributed by atoms with E-state index >= 15 is 0 Å². The van der Waals surface area contributed by atoms with Crippen LogP contribution in [-0.4, -0.2) is 15.7 Å². The second-order valence-corrected chi connectivity index (χ2v) is 5.42. The monoisotopic (exact) mass is 375 g/mol. The molecule has 1 N–H and O–H groups in total. The molecule has 2 aromatic rings. The number of nitrogens with zero attached hydrogens (tertiary/aromatic N) is 2. The summed E-state index contributed by atoms with van der Waals surface area (Å²) in [6.45, 7) is 0.475. The van der Waals surface area contributed by atoms with Crippen LogP contribution in [0.2, 0.25) is 5.02 Å². The first kappa shape index (κ1) is 13.4. The summed E-state index contributed by atoms with van der Waals surface area (Å²) in [6, 6.07) is 5.59. The summed E-state index contributed by atoms with van der Waals surface area (Å²) in [7, 11) is 1.78. The largest absolute Gasteiger partial charge is 0.348 e. The first-order chi connectivity index (χ1) is 8.56. The summed E-state index contributed by atoms with van der Waals surface area (Å²) in [5.74, 6) is -0.131. The molecule has 1 aromatic heterocycles. The quantitative estimate of drug-likeness (QED) is 0.838. The van der Waals surface area contributed by atoms with Gasteiger partial charge in [-0.1, -0.05) is 17.7 Å². The van der Waals surface area contributed by atoms with Crippen molar-refractivity contribution in [3.05, 3.63) is 50.3 Å². The third kappa shape index (κ3) is 3.23. The van der Waals surface area contributed by atoms with E-state index in [1.54, 1.807) is 24.1 Å². The van der Waals surface area contributed by atoms with Crippen molar-refractivity contribution in [1.29, 1.82) is 0 Å². The predicted molar refractivity (Wildman–Crippen MR) is 78.5 cm³/mol. The molecule has 94 valence electrons. The van der Waals surface area contributed by atoms with Crippen LogP contribution in [-0.2, 0) is 13.6 Å². The Bertz CT molecular complexity index is 582. The Labute approximate surface area is 123 Å². The van der Waals surface area contributed by atoms with Crippen LogP contribution in [0.4, 0.5) is 0 Å². The topological polar surface area (TPSA) is 46.9 Å². The van der Waals surface area contributed by atoms with Gasteiger partial charge in [-0.15, -0.1) is 0 Å². The highest BCUT2D eigenvalue weighted by molar-refractivity contribution is 14.1. The normalized spacial score (nSPS) is 10.4. The number of benzene rings is 1. The van der Waals surface area contributed by atoms with Gasteiger partial charge in [0.25, 0.3) is 5.91 Å². The molecule has 0 unspecified atom stereocenters. The molecule has 0 aliphatic heterocycles. The maximum atomic E-state index is 11.8. The molecule has 0 fully saturated rings. The highest BCUT2D eigenvalue weighted by atomic mass is 127. The molecule has 0 saturated heterocycles. The number of carbonyl (C=O) groups is 1. The minimum absolute atomic E-state index is 0.131. The molecule has 4 nitrogen and oxygen atoms in total. The SMILES string of the molecule is Cn1cc(C(=O)NCc2ccc(Cl)cc2I)cn1. The average Bonchev–Trinajstić information content (AvgIpc) is 2.74. The minimum Gasteiger partial charge on any atom is -0.348 e. The Hall–Kier alpha value is -1.08. The predicted octanol–water partition coefficient (Wildman–Crippen LogP) is 2.61. The third-order valence-electron chi connectivity index (χ3n) is 2.42. The maximum absolute atomic E-state index is 11.8. The highest BCUT2D eigenvalue weighted by Crippen LogP contribution is 2.17. The fourth-order valence-electron chi connectivity index (χ4n) is 1.48. The first-order valence-electron chi connectivity index (χ1n) is 5.27. The zero-order valence-electron chi connectivity index (χ0n) is 9.65. The molecule has 18 heavy (non-hydrogen) atoms. The molecule has 1 aromatic carbocycles. The van der Waals surface area contributed by atoms with Gasteiger partial charge in [0, 0.05) is 28.4 Å². The van der Waals surface area contributed by atoms with E-state index in [0.717, 1.165) is 9.13 Å². The van der Waals surface area contributed by atoms with Crippen molar-refractivity contribution in [2.24, 2.45) is 7.05 Å². The Morgan fingerprint density at radius 2 is 2.33 bits per heavy atom. The summed E-state index contributed by atoms with van der Waals surface area (Å²) in [6.07, 6.45) is 3.23. The van der Waals surface area contributed by atoms with Gasteiger partial charge in [0.05, 0.1) is 11.8 Å². The minimum atomic E-state index is -0.131. The van der Waals surface area contributed by atoms with E-state index in [2.05, 4.69) is 33.0 Å². The van der Waals surface area contributed by atoms with Gasteiger partial charge < -0.3 is 5.32 Å². The lowest BCUT2D eigenvalue weighted by atomic mass is 10.2. The van der Waals surface area contributed by atoms with Gasteiger partial charge in [-0.05, 0) is 40.3 Å². The number of halogens is 2. The van der Waals surface area contributed by atoms with Crippen molar-refractivity contribution in [2.75, 3.05) is 0 Å². The standard InChI is InChI=1S/C12H11ClIN3O/c1-17-7-9(6-16-17)12(18)15-5-8-2-3-10(13)4-11(8)14/h2-4,6-7H,5H2,1H3,(H,15,18). The van der Waals surface area contributed by atoms with Crippen LogP contribution in [0.5, 0.6) is 0 Å².